The van der Waals surface area contributed by atoms with Gasteiger partial charge in [0.25, 0.3) is 10.0 Å². The highest BCUT2D eigenvalue weighted by molar-refractivity contribution is 7.90. The van der Waals surface area contributed by atoms with Crippen LogP contribution in [0.1, 0.15) is 38.7 Å². The number of rotatable bonds is 4. The molecular formula is C27H35N5O2S. The summed E-state index contributed by atoms with van der Waals surface area (Å²) < 4.78 is 26.2. The predicted molar refractivity (Wildman–Crippen MR) is 145 cm³/mol. The van der Waals surface area contributed by atoms with E-state index in [1.165, 1.54) is 62.4 Å². The second kappa shape index (κ2) is 12.4. The van der Waals surface area contributed by atoms with Crippen molar-refractivity contribution in [3.63, 3.8) is 0 Å². The van der Waals surface area contributed by atoms with Gasteiger partial charge in [-0.15, -0.1) is 0 Å². The molecule has 0 aliphatic carbocycles. The van der Waals surface area contributed by atoms with E-state index >= 15 is 0 Å². The lowest BCUT2D eigenvalue weighted by molar-refractivity contribution is 0.221. The third kappa shape index (κ3) is 6.41. The Bertz CT molecular complexity index is 1300. The van der Waals surface area contributed by atoms with Gasteiger partial charge >= 0.3 is 0 Å². The summed E-state index contributed by atoms with van der Waals surface area (Å²) >= 11 is 0. The lowest BCUT2D eigenvalue weighted by Crippen LogP contribution is -2.28. The number of anilines is 2. The van der Waals surface area contributed by atoms with E-state index in [1.807, 2.05) is 13.8 Å². The molecule has 7 nitrogen and oxygen atoms in total. The molecule has 0 atom stereocenters. The molecule has 0 bridgehead atoms. The summed E-state index contributed by atoms with van der Waals surface area (Å²) in [5.74, 6) is 0. The zero-order valence-electron chi connectivity index (χ0n) is 20.5. The van der Waals surface area contributed by atoms with Crippen LogP contribution in [0, 0.1) is 0 Å². The number of nitrogen functional groups attached to an aromatic ring is 2. The Morgan fingerprint density at radius 1 is 0.857 bits per heavy atom. The fourth-order valence-corrected chi connectivity index (χ4v) is 5.28. The van der Waals surface area contributed by atoms with E-state index < -0.39 is 10.0 Å². The van der Waals surface area contributed by atoms with Crippen LogP contribution >= 0.6 is 0 Å². The average Bonchev–Trinajstić information content (AvgIpc) is 3.35. The van der Waals surface area contributed by atoms with E-state index in [0.29, 0.717) is 16.8 Å². The molecule has 1 aliphatic heterocycles. The van der Waals surface area contributed by atoms with Gasteiger partial charge in [0.05, 0.1) is 22.5 Å². The molecule has 35 heavy (non-hydrogen) atoms. The van der Waals surface area contributed by atoms with E-state index in [9.17, 15) is 8.42 Å². The number of nitrogens with zero attached hydrogens (tertiary/aromatic N) is 3. The molecule has 1 saturated heterocycles. The Labute approximate surface area is 208 Å². The lowest BCUT2D eigenvalue weighted by Gasteiger charge is -2.26. The maximum atomic E-state index is 12.6. The van der Waals surface area contributed by atoms with Gasteiger partial charge in [-0.05, 0) is 49.7 Å². The van der Waals surface area contributed by atoms with Crippen molar-refractivity contribution in [1.82, 2.24) is 13.9 Å². The van der Waals surface area contributed by atoms with Crippen molar-refractivity contribution < 1.29 is 8.42 Å². The van der Waals surface area contributed by atoms with Crippen LogP contribution in [0.4, 0.5) is 11.4 Å². The minimum Gasteiger partial charge on any atom is -0.396 e. The first-order chi connectivity index (χ1) is 17.0. The van der Waals surface area contributed by atoms with E-state index in [4.69, 9.17) is 11.5 Å². The maximum Gasteiger partial charge on any atom is 0.269 e. The second-order valence-corrected chi connectivity index (χ2v) is 9.93. The van der Waals surface area contributed by atoms with Crippen molar-refractivity contribution in [2.45, 2.75) is 44.6 Å². The topological polar surface area (TPSA) is 107 Å². The number of hydrogen-bond donors (Lipinski definition) is 2. The van der Waals surface area contributed by atoms with Crippen LogP contribution in [-0.2, 0) is 16.6 Å². The van der Waals surface area contributed by atoms with E-state index in [1.54, 1.807) is 24.3 Å². The largest absolute Gasteiger partial charge is 0.396 e. The summed E-state index contributed by atoms with van der Waals surface area (Å²) in [6.07, 6.45) is 6.97. The Morgan fingerprint density at radius 3 is 2.09 bits per heavy atom. The molecule has 2 aromatic carbocycles. The molecule has 0 unspecified atom stereocenters. The zero-order chi connectivity index (χ0) is 25.3. The molecule has 0 spiro atoms. The Morgan fingerprint density at radius 2 is 1.46 bits per heavy atom. The van der Waals surface area contributed by atoms with Crippen molar-refractivity contribution in [3.8, 4) is 0 Å². The number of benzene rings is 2. The van der Waals surface area contributed by atoms with Gasteiger partial charge in [-0.3, -0.25) is 4.90 Å². The molecule has 1 fully saturated rings. The summed E-state index contributed by atoms with van der Waals surface area (Å²) in [7, 11) is -3.69. The molecular weight excluding hydrogens is 458 g/mol. The van der Waals surface area contributed by atoms with Gasteiger partial charge in [0.15, 0.2) is 5.65 Å². The Balaban J connectivity index is 0.000000197. The molecule has 0 radical (unpaired) electrons. The average molecular weight is 494 g/mol. The lowest BCUT2D eigenvalue weighted by atomic mass is 10.1. The van der Waals surface area contributed by atoms with Crippen molar-refractivity contribution in [1.29, 1.82) is 0 Å². The number of fused-ring (bicyclic) bond motifs is 1. The van der Waals surface area contributed by atoms with Crippen LogP contribution < -0.4 is 11.5 Å². The summed E-state index contributed by atoms with van der Waals surface area (Å²) in [6, 6.07) is 20.5. The highest BCUT2D eigenvalue weighted by Gasteiger charge is 2.20. The minimum absolute atomic E-state index is 0.190. The van der Waals surface area contributed by atoms with Crippen LogP contribution in [0.15, 0.2) is 84.0 Å². The predicted octanol–water partition coefficient (Wildman–Crippen LogP) is 5.14. The van der Waals surface area contributed by atoms with Crippen LogP contribution in [-0.4, -0.2) is 35.4 Å². The molecule has 186 valence electrons. The highest BCUT2D eigenvalue weighted by atomic mass is 32.2. The molecule has 0 amide bonds. The van der Waals surface area contributed by atoms with E-state index in [-0.39, 0.29) is 10.5 Å². The molecule has 1 aliphatic rings. The summed E-state index contributed by atoms with van der Waals surface area (Å²) in [5.41, 5.74) is 13.9. The number of piperidine rings is 1. The van der Waals surface area contributed by atoms with Gasteiger partial charge in [-0.25, -0.2) is 17.4 Å². The second-order valence-electron chi connectivity index (χ2n) is 8.12. The third-order valence-corrected chi connectivity index (χ3v) is 7.43. The number of likely N-dealkylation sites (tertiary alicyclic amines) is 1. The van der Waals surface area contributed by atoms with Crippen molar-refractivity contribution in [2.24, 2.45) is 0 Å². The van der Waals surface area contributed by atoms with Crippen LogP contribution in [0.3, 0.4) is 0 Å². The summed E-state index contributed by atoms with van der Waals surface area (Å²) in [4.78, 5) is 6.82. The number of hydrogen-bond acceptors (Lipinski definition) is 6. The normalized spacial score (nSPS) is 13.9. The van der Waals surface area contributed by atoms with Crippen LogP contribution in [0.25, 0.3) is 11.0 Å². The quantitative estimate of drug-likeness (QED) is 0.408. The number of pyridine rings is 1. The molecule has 4 N–H and O–H groups in total. The summed E-state index contributed by atoms with van der Waals surface area (Å²) in [6.45, 7) is 7.71. The molecule has 3 heterocycles. The highest BCUT2D eigenvalue weighted by Crippen LogP contribution is 2.27. The van der Waals surface area contributed by atoms with Gasteiger partial charge in [0.1, 0.15) is 0 Å². The first-order valence-corrected chi connectivity index (χ1v) is 13.5. The van der Waals surface area contributed by atoms with E-state index in [2.05, 4.69) is 40.2 Å². The number of nitrogens with two attached hydrogens (primary N) is 2. The summed E-state index contributed by atoms with van der Waals surface area (Å²) in [5, 5.41) is 0.518. The van der Waals surface area contributed by atoms with Crippen molar-refractivity contribution in [3.05, 3.63) is 84.7 Å². The standard InChI is InChI=1S/C13H12N4O2S.C12H17N.C2H6/c14-11-8-16-13-10(12(11)15)6-7-17(13)20(18,19)9-4-2-1-3-5-9;1-3-7-12(8-4-1)11-13-9-5-2-6-10-13;1-2/h1-8H,14H2,(H2,15,16);1,3-4,7-8H,2,5-6,9-11H2;1-2H3. The van der Waals surface area contributed by atoms with Gasteiger partial charge in [-0.1, -0.05) is 68.8 Å². The van der Waals surface area contributed by atoms with Gasteiger partial charge < -0.3 is 11.5 Å². The van der Waals surface area contributed by atoms with Crippen molar-refractivity contribution >= 4 is 32.4 Å². The molecule has 0 saturated carbocycles. The van der Waals surface area contributed by atoms with Crippen LogP contribution in [0.5, 0.6) is 0 Å². The Kier molecular flexibility index (Phi) is 9.28. The fourth-order valence-electron chi connectivity index (χ4n) is 3.96. The molecule has 2 aromatic heterocycles. The SMILES string of the molecule is CC.Nc1cnc2c(ccn2S(=O)(=O)c2ccccc2)c1N.c1ccc(CN2CCCCC2)cc1. The molecule has 5 rings (SSSR count). The van der Waals surface area contributed by atoms with Crippen LogP contribution in [0.2, 0.25) is 0 Å². The van der Waals surface area contributed by atoms with Crippen molar-refractivity contribution in [2.75, 3.05) is 24.6 Å². The monoisotopic (exact) mass is 493 g/mol. The first kappa shape index (κ1) is 26.2. The van der Waals surface area contributed by atoms with Gasteiger partial charge in [0, 0.05) is 18.1 Å². The zero-order valence-corrected chi connectivity index (χ0v) is 21.3. The van der Waals surface area contributed by atoms with E-state index in [0.717, 1.165) is 10.5 Å². The van der Waals surface area contributed by atoms with Gasteiger partial charge in [-0.2, -0.15) is 0 Å². The molecule has 4 aromatic rings. The minimum atomic E-state index is -3.69. The maximum absolute atomic E-state index is 12.6. The first-order valence-electron chi connectivity index (χ1n) is 12.0. The molecule has 8 heteroatoms. The number of aromatic nitrogens is 2. The van der Waals surface area contributed by atoms with Gasteiger partial charge in [0.2, 0.25) is 0 Å². The Hall–Kier alpha value is -3.36. The smallest absolute Gasteiger partial charge is 0.269 e. The third-order valence-electron chi connectivity index (χ3n) is 5.75. The fraction of sp³-hybridized carbons (Fsp3) is 0.296.